The maximum atomic E-state index is 9.39. The first-order valence-corrected chi connectivity index (χ1v) is 6.27. The third kappa shape index (κ3) is 1.15. The summed E-state index contributed by atoms with van der Waals surface area (Å²) in [4.78, 5) is 0. The van der Waals surface area contributed by atoms with E-state index in [-0.39, 0.29) is 10.8 Å². The summed E-state index contributed by atoms with van der Waals surface area (Å²) in [5.74, 6) is 0. The first kappa shape index (κ1) is 10.3. The van der Waals surface area contributed by atoms with Crippen molar-refractivity contribution in [3.63, 3.8) is 0 Å². The summed E-state index contributed by atoms with van der Waals surface area (Å²) in [6, 6.07) is 10.7. The Hall–Kier alpha value is -0.850. The third-order valence-corrected chi connectivity index (χ3v) is 4.66. The molecule has 0 N–H and O–H groups in total. The van der Waals surface area contributed by atoms with E-state index in [1.807, 2.05) is 18.2 Å². The summed E-state index contributed by atoms with van der Waals surface area (Å²) >= 11 is 3.59. The normalized spacial score (nSPS) is 24.2. The molecule has 0 radical (unpaired) electrons. The summed E-state index contributed by atoms with van der Waals surface area (Å²) in [6.07, 6.45) is 2.02. The number of nitriles is 1. The number of hydrogen-bond donors (Lipinski definition) is 0. The van der Waals surface area contributed by atoms with Crippen LogP contribution < -0.4 is 0 Å². The molecule has 1 heterocycles. The fraction of sp³-hybridized carbons (Fsp3) is 0.462. The summed E-state index contributed by atoms with van der Waals surface area (Å²) in [7, 11) is 0. The maximum Gasteiger partial charge on any atom is 0.0716 e. The Morgan fingerprint density at radius 2 is 1.94 bits per heavy atom. The second-order valence-corrected chi connectivity index (χ2v) is 5.60. The average Bonchev–Trinajstić information content (AvgIpc) is 3.01. The number of hydrogen-bond acceptors (Lipinski definition) is 2. The standard InChI is InChI=1S/C13H12BrNO/c14-11-4-2-1-3-10(11)13(8-16-9-13)12(7-15)5-6-12/h1-4H,5-6,8-9H2. The highest BCUT2D eigenvalue weighted by molar-refractivity contribution is 9.10. The summed E-state index contributed by atoms with van der Waals surface area (Å²) in [5.41, 5.74) is 0.997. The van der Waals surface area contributed by atoms with Crippen molar-refractivity contribution in [3.05, 3.63) is 34.3 Å². The lowest BCUT2D eigenvalue weighted by Gasteiger charge is -2.46. The molecule has 1 aromatic carbocycles. The van der Waals surface area contributed by atoms with E-state index in [0.717, 1.165) is 17.3 Å². The van der Waals surface area contributed by atoms with Crippen LogP contribution in [0, 0.1) is 16.7 Å². The van der Waals surface area contributed by atoms with Crippen LogP contribution in [0.15, 0.2) is 28.7 Å². The van der Waals surface area contributed by atoms with E-state index < -0.39 is 0 Å². The van der Waals surface area contributed by atoms with Gasteiger partial charge < -0.3 is 4.74 Å². The zero-order valence-corrected chi connectivity index (χ0v) is 10.5. The van der Waals surface area contributed by atoms with Crippen molar-refractivity contribution in [3.8, 4) is 6.07 Å². The van der Waals surface area contributed by atoms with Crippen LogP contribution in [0.1, 0.15) is 18.4 Å². The van der Waals surface area contributed by atoms with Crippen LogP contribution in [0.3, 0.4) is 0 Å². The lowest BCUT2D eigenvalue weighted by atomic mass is 9.67. The Kier molecular flexibility index (Phi) is 2.14. The highest BCUT2D eigenvalue weighted by Gasteiger charge is 2.64. The minimum atomic E-state index is -0.172. The molecule has 82 valence electrons. The van der Waals surface area contributed by atoms with Crippen LogP contribution in [0.2, 0.25) is 0 Å². The number of benzene rings is 1. The highest BCUT2D eigenvalue weighted by atomic mass is 79.9. The van der Waals surface area contributed by atoms with Gasteiger partial charge in [-0.1, -0.05) is 34.1 Å². The van der Waals surface area contributed by atoms with E-state index in [1.54, 1.807) is 0 Å². The quantitative estimate of drug-likeness (QED) is 0.833. The number of ether oxygens (including phenoxy) is 1. The fourth-order valence-corrected chi connectivity index (χ4v) is 3.33. The van der Waals surface area contributed by atoms with Crippen molar-refractivity contribution in [2.45, 2.75) is 18.3 Å². The van der Waals surface area contributed by atoms with Crippen molar-refractivity contribution in [1.29, 1.82) is 5.26 Å². The zero-order valence-electron chi connectivity index (χ0n) is 8.87. The Bertz CT molecular complexity index is 469. The van der Waals surface area contributed by atoms with Gasteiger partial charge in [-0.2, -0.15) is 5.26 Å². The molecule has 1 aliphatic heterocycles. The molecule has 1 saturated carbocycles. The minimum Gasteiger partial charge on any atom is -0.379 e. The van der Waals surface area contributed by atoms with Gasteiger partial charge in [0.25, 0.3) is 0 Å². The van der Waals surface area contributed by atoms with Crippen molar-refractivity contribution in [2.24, 2.45) is 5.41 Å². The summed E-state index contributed by atoms with van der Waals surface area (Å²) < 4.78 is 6.50. The molecule has 0 amide bonds. The van der Waals surface area contributed by atoms with Crippen molar-refractivity contribution >= 4 is 15.9 Å². The molecular formula is C13H12BrNO. The third-order valence-electron chi connectivity index (χ3n) is 3.97. The largest absolute Gasteiger partial charge is 0.379 e. The van der Waals surface area contributed by atoms with Gasteiger partial charge >= 0.3 is 0 Å². The molecule has 1 aromatic rings. The van der Waals surface area contributed by atoms with Gasteiger partial charge in [-0.3, -0.25) is 0 Å². The average molecular weight is 278 g/mol. The van der Waals surface area contributed by atoms with Gasteiger partial charge in [-0.25, -0.2) is 0 Å². The Morgan fingerprint density at radius 3 is 2.38 bits per heavy atom. The molecule has 1 aliphatic carbocycles. The van der Waals surface area contributed by atoms with Crippen LogP contribution in [0.5, 0.6) is 0 Å². The smallest absolute Gasteiger partial charge is 0.0716 e. The summed E-state index contributed by atoms with van der Waals surface area (Å²) in [5, 5.41) is 9.39. The SMILES string of the molecule is N#CC1(C2(c3ccccc3Br)COC2)CC1. The first-order valence-electron chi connectivity index (χ1n) is 5.48. The van der Waals surface area contributed by atoms with Gasteiger partial charge in [0.05, 0.1) is 30.1 Å². The van der Waals surface area contributed by atoms with Gasteiger partial charge in [-0.15, -0.1) is 0 Å². The zero-order chi connectivity index (χ0) is 11.2. The molecule has 0 bridgehead atoms. The van der Waals surface area contributed by atoms with E-state index in [9.17, 15) is 5.26 Å². The van der Waals surface area contributed by atoms with Gasteiger partial charge in [0.1, 0.15) is 0 Å². The molecule has 0 aromatic heterocycles. The molecule has 16 heavy (non-hydrogen) atoms. The second kappa shape index (κ2) is 3.32. The lowest BCUT2D eigenvalue weighted by molar-refractivity contribution is -0.0870. The van der Waals surface area contributed by atoms with Gasteiger partial charge in [-0.05, 0) is 24.5 Å². The van der Waals surface area contributed by atoms with Crippen LogP contribution in [-0.4, -0.2) is 13.2 Å². The number of halogens is 1. The predicted octanol–water partition coefficient (Wildman–Crippen LogP) is 3.02. The van der Waals surface area contributed by atoms with Crippen molar-refractivity contribution < 1.29 is 4.74 Å². The Labute approximate surface area is 103 Å². The second-order valence-electron chi connectivity index (χ2n) is 4.75. The van der Waals surface area contributed by atoms with Gasteiger partial charge in [0.2, 0.25) is 0 Å². The molecule has 1 saturated heterocycles. The van der Waals surface area contributed by atoms with Crippen molar-refractivity contribution in [2.75, 3.05) is 13.2 Å². The molecule has 2 fully saturated rings. The van der Waals surface area contributed by atoms with E-state index in [2.05, 4.69) is 28.1 Å². The van der Waals surface area contributed by atoms with E-state index >= 15 is 0 Å². The van der Waals surface area contributed by atoms with Crippen LogP contribution in [0.25, 0.3) is 0 Å². The van der Waals surface area contributed by atoms with E-state index in [1.165, 1.54) is 5.56 Å². The van der Waals surface area contributed by atoms with Crippen LogP contribution >= 0.6 is 15.9 Å². The molecule has 2 aliphatic rings. The van der Waals surface area contributed by atoms with Crippen LogP contribution in [-0.2, 0) is 10.2 Å². The topological polar surface area (TPSA) is 33.0 Å². The Balaban J connectivity index is 2.10. The molecule has 2 nitrogen and oxygen atoms in total. The summed E-state index contributed by atoms with van der Waals surface area (Å²) in [6.45, 7) is 1.37. The van der Waals surface area contributed by atoms with Crippen molar-refractivity contribution in [1.82, 2.24) is 0 Å². The fourth-order valence-electron chi connectivity index (χ4n) is 2.67. The van der Waals surface area contributed by atoms with E-state index in [0.29, 0.717) is 13.2 Å². The maximum absolute atomic E-state index is 9.39. The molecule has 3 heteroatoms. The Morgan fingerprint density at radius 1 is 1.25 bits per heavy atom. The van der Waals surface area contributed by atoms with Crippen LogP contribution in [0.4, 0.5) is 0 Å². The lowest BCUT2D eigenvalue weighted by Crippen LogP contribution is -2.53. The van der Waals surface area contributed by atoms with E-state index in [4.69, 9.17) is 4.74 Å². The van der Waals surface area contributed by atoms with Gasteiger partial charge in [0, 0.05) is 4.47 Å². The minimum absolute atomic E-state index is 0.0676. The molecule has 0 unspecified atom stereocenters. The first-order chi connectivity index (χ1) is 7.74. The predicted molar refractivity (Wildman–Crippen MR) is 63.9 cm³/mol. The van der Waals surface area contributed by atoms with Gasteiger partial charge in [0.15, 0.2) is 0 Å². The number of nitrogens with zero attached hydrogens (tertiary/aromatic N) is 1. The molecule has 3 rings (SSSR count). The molecular weight excluding hydrogens is 266 g/mol. The monoisotopic (exact) mass is 277 g/mol. The molecule has 0 atom stereocenters. The molecule has 0 spiro atoms. The number of rotatable bonds is 2. The highest BCUT2D eigenvalue weighted by Crippen LogP contribution is 2.62.